The van der Waals surface area contributed by atoms with Crippen molar-refractivity contribution in [2.75, 3.05) is 7.11 Å². The van der Waals surface area contributed by atoms with Crippen LogP contribution < -0.4 is 11.1 Å². The Morgan fingerprint density at radius 2 is 2.25 bits per heavy atom. The highest BCUT2D eigenvalue weighted by molar-refractivity contribution is 5.86. The number of hydrogen-bond acceptors (Lipinski definition) is 5. The average molecular weight is 226 g/mol. The van der Waals surface area contributed by atoms with Crippen molar-refractivity contribution in [3.05, 3.63) is 23.7 Å². The van der Waals surface area contributed by atoms with E-state index in [4.69, 9.17) is 10.2 Å². The Hall–Kier alpha value is -1.82. The number of esters is 1. The van der Waals surface area contributed by atoms with Gasteiger partial charge in [0.2, 0.25) is 11.7 Å². The summed E-state index contributed by atoms with van der Waals surface area (Å²) < 4.78 is 9.61. The summed E-state index contributed by atoms with van der Waals surface area (Å²) in [6, 6.07) is 2.50. The lowest BCUT2D eigenvalue weighted by atomic mass is 10.3. The highest BCUT2D eigenvalue weighted by atomic mass is 16.5. The number of nitrogens with two attached hydrogens (primary N) is 1. The van der Waals surface area contributed by atoms with Crippen LogP contribution in [0.4, 0.5) is 0 Å². The molecule has 0 saturated carbocycles. The third-order valence-corrected chi connectivity index (χ3v) is 1.90. The van der Waals surface area contributed by atoms with Gasteiger partial charge in [0.05, 0.1) is 19.7 Å². The van der Waals surface area contributed by atoms with Gasteiger partial charge in [0.15, 0.2) is 0 Å². The smallest absolute Gasteiger partial charge is 0.373 e. The Balaban J connectivity index is 2.53. The van der Waals surface area contributed by atoms with Gasteiger partial charge >= 0.3 is 5.97 Å². The van der Waals surface area contributed by atoms with Gasteiger partial charge in [-0.3, -0.25) is 4.79 Å². The Kier molecular flexibility index (Phi) is 4.07. The first-order chi connectivity index (χ1) is 7.54. The van der Waals surface area contributed by atoms with Crippen molar-refractivity contribution >= 4 is 11.9 Å². The van der Waals surface area contributed by atoms with E-state index in [1.165, 1.54) is 13.2 Å². The summed E-state index contributed by atoms with van der Waals surface area (Å²) in [5.74, 6) is -0.261. The highest BCUT2D eigenvalue weighted by Crippen LogP contribution is 2.08. The molecule has 3 N–H and O–H groups in total. The molecule has 1 aromatic heterocycles. The van der Waals surface area contributed by atoms with Crippen LogP contribution in [-0.4, -0.2) is 25.0 Å². The van der Waals surface area contributed by atoms with Crippen molar-refractivity contribution in [3.63, 3.8) is 0 Å². The highest BCUT2D eigenvalue weighted by Gasteiger charge is 2.12. The van der Waals surface area contributed by atoms with Crippen LogP contribution in [-0.2, 0) is 16.1 Å². The molecule has 16 heavy (non-hydrogen) atoms. The predicted molar refractivity (Wildman–Crippen MR) is 55.5 cm³/mol. The Morgan fingerprint density at radius 3 is 2.81 bits per heavy atom. The first kappa shape index (κ1) is 12.3. The summed E-state index contributed by atoms with van der Waals surface area (Å²) >= 11 is 0. The van der Waals surface area contributed by atoms with E-state index in [2.05, 4.69) is 10.1 Å². The van der Waals surface area contributed by atoms with Gasteiger partial charge in [-0.1, -0.05) is 0 Å². The number of methoxy groups -OCH3 is 1. The van der Waals surface area contributed by atoms with E-state index in [1.807, 2.05) is 0 Å². The van der Waals surface area contributed by atoms with Gasteiger partial charge in [0.25, 0.3) is 0 Å². The lowest BCUT2D eigenvalue weighted by Crippen LogP contribution is -2.37. The summed E-state index contributed by atoms with van der Waals surface area (Å²) in [4.78, 5) is 22.2. The lowest BCUT2D eigenvalue weighted by molar-refractivity contribution is -0.122. The minimum Gasteiger partial charge on any atom is -0.463 e. The second kappa shape index (κ2) is 5.32. The fourth-order valence-electron chi connectivity index (χ4n) is 1.02. The number of amides is 1. The molecule has 0 bridgehead atoms. The molecule has 0 radical (unpaired) electrons. The van der Waals surface area contributed by atoms with Crippen LogP contribution in [0.1, 0.15) is 23.2 Å². The standard InChI is InChI=1S/C10H14N2O4/c1-6(11)9(13)12-5-7-3-4-8(16-7)10(14)15-2/h3-4,6H,5,11H2,1-2H3,(H,12,13)/t6-/m1/s1. The lowest BCUT2D eigenvalue weighted by Gasteiger charge is -2.05. The van der Waals surface area contributed by atoms with E-state index in [1.54, 1.807) is 13.0 Å². The van der Waals surface area contributed by atoms with Crippen molar-refractivity contribution in [3.8, 4) is 0 Å². The zero-order valence-electron chi connectivity index (χ0n) is 9.15. The van der Waals surface area contributed by atoms with Gasteiger partial charge in [-0.25, -0.2) is 4.79 Å². The molecule has 0 aliphatic heterocycles. The third-order valence-electron chi connectivity index (χ3n) is 1.90. The van der Waals surface area contributed by atoms with Gasteiger partial charge in [0, 0.05) is 0 Å². The third kappa shape index (κ3) is 3.09. The maximum Gasteiger partial charge on any atom is 0.373 e. The molecule has 0 aliphatic carbocycles. The maximum atomic E-state index is 11.1. The van der Waals surface area contributed by atoms with Crippen LogP contribution in [0.25, 0.3) is 0 Å². The Morgan fingerprint density at radius 1 is 1.56 bits per heavy atom. The van der Waals surface area contributed by atoms with Crippen LogP contribution >= 0.6 is 0 Å². The summed E-state index contributed by atoms with van der Waals surface area (Å²) in [6.07, 6.45) is 0. The second-order valence-corrected chi connectivity index (χ2v) is 3.26. The Labute approximate surface area is 92.7 Å². The van der Waals surface area contributed by atoms with Gasteiger partial charge in [-0.15, -0.1) is 0 Å². The van der Waals surface area contributed by atoms with Gasteiger partial charge in [0.1, 0.15) is 5.76 Å². The molecule has 1 aromatic rings. The van der Waals surface area contributed by atoms with Gasteiger partial charge in [-0.05, 0) is 19.1 Å². The SMILES string of the molecule is COC(=O)c1ccc(CNC(=O)[C@@H](C)N)o1. The van der Waals surface area contributed by atoms with E-state index in [0.29, 0.717) is 5.76 Å². The fourth-order valence-corrected chi connectivity index (χ4v) is 1.02. The Bertz CT molecular complexity index is 384. The van der Waals surface area contributed by atoms with Crippen molar-refractivity contribution in [1.29, 1.82) is 0 Å². The summed E-state index contributed by atoms with van der Waals surface area (Å²) in [5, 5.41) is 2.56. The fraction of sp³-hybridized carbons (Fsp3) is 0.400. The minimum atomic E-state index is -0.574. The first-order valence-corrected chi connectivity index (χ1v) is 4.75. The summed E-state index contributed by atoms with van der Waals surface area (Å²) in [5.41, 5.74) is 5.36. The minimum absolute atomic E-state index is 0.104. The molecule has 0 aromatic carbocycles. The van der Waals surface area contributed by atoms with Crippen LogP contribution in [0.3, 0.4) is 0 Å². The number of rotatable bonds is 4. The normalized spacial score (nSPS) is 11.9. The number of carbonyl (C=O) groups is 2. The molecule has 0 saturated heterocycles. The van der Waals surface area contributed by atoms with Gasteiger partial charge < -0.3 is 20.2 Å². The van der Waals surface area contributed by atoms with E-state index in [-0.39, 0.29) is 18.2 Å². The van der Waals surface area contributed by atoms with E-state index < -0.39 is 12.0 Å². The molecule has 1 atom stereocenters. The quantitative estimate of drug-likeness (QED) is 0.706. The topological polar surface area (TPSA) is 94.6 Å². The van der Waals surface area contributed by atoms with Crippen LogP contribution in [0.5, 0.6) is 0 Å². The van der Waals surface area contributed by atoms with Crippen molar-refractivity contribution in [1.82, 2.24) is 5.32 Å². The molecule has 1 amide bonds. The molecule has 1 heterocycles. The molecule has 6 nitrogen and oxygen atoms in total. The monoisotopic (exact) mass is 226 g/mol. The zero-order chi connectivity index (χ0) is 12.1. The molecule has 0 aliphatic rings. The molecular formula is C10H14N2O4. The second-order valence-electron chi connectivity index (χ2n) is 3.26. The number of ether oxygens (including phenoxy) is 1. The number of furan rings is 1. The van der Waals surface area contributed by atoms with Crippen molar-refractivity contribution in [2.45, 2.75) is 19.5 Å². The number of nitrogens with one attached hydrogen (secondary N) is 1. The molecule has 0 spiro atoms. The summed E-state index contributed by atoms with van der Waals surface area (Å²) in [7, 11) is 1.27. The predicted octanol–water partition coefficient (Wildman–Crippen LogP) is 0.0296. The van der Waals surface area contributed by atoms with E-state index >= 15 is 0 Å². The molecule has 0 unspecified atom stereocenters. The molecule has 1 rings (SSSR count). The number of carbonyl (C=O) groups excluding carboxylic acids is 2. The molecular weight excluding hydrogens is 212 g/mol. The van der Waals surface area contributed by atoms with Crippen molar-refractivity contribution < 1.29 is 18.7 Å². The van der Waals surface area contributed by atoms with Crippen LogP contribution in [0, 0.1) is 0 Å². The molecule has 6 heteroatoms. The van der Waals surface area contributed by atoms with Crippen LogP contribution in [0.15, 0.2) is 16.5 Å². The van der Waals surface area contributed by atoms with E-state index in [9.17, 15) is 9.59 Å². The van der Waals surface area contributed by atoms with E-state index in [0.717, 1.165) is 0 Å². The largest absolute Gasteiger partial charge is 0.463 e. The molecule has 0 fully saturated rings. The first-order valence-electron chi connectivity index (χ1n) is 4.75. The van der Waals surface area contributed by atoms with Gasteiger partial charge in [-0.2, -0.15) is 0 Å². The van der Waals surface area contributed by atoms with Crippen LogP contribution in [0.2, 0.25) is 0 Å². The zero-order valence-corrected chi connectivity index (χ0v) is 9.15. The average Bonchev–Trinajstić information content (AvgIpc) is 2.73. The number of hydrogen-bond donors (Lipinski definition) is 2. The summed E-state index contributed by atoms with van der Waals surface area (Å²) in [6.45, 7) is 1.77. The molecule has 88 valence electrons. The van der Waals surface area contributed by atoms with Crippen molar-refractivity contribution in [2.24, 2.45) is 5.73 Å². The maximum absolute atomic E-state index is 11.1.